The molecule has 0 radical (unpaired) electrons. The second-order valence-corrected chi connectivity index (χ2v) is 10.8. The summed E-state index contributed by atoms with van der Waals surface area (Å²) in [7, 11) is 0. The first-order valence-electron chi connectivity index (χ1n) is 12.6. The Morgan fingerprint density at radius 3 is 2.58 bits per heavy atom. The number of benzene rings is 1. The number of imidazole rings is 1. The number of nitrogens with zero attached hydrogens (tertiary/aromatic N) is 5. The van der Waals surface area contributed by atoms with Crippen molar-refractivity contribution >= 4 is 33.7 Å². The number of hydrogen-bond donors (Lipinski definition) is 4. The summed E-state index contributed by atoms with van der Waals surface area (Å²) in [6, 6.07) is 9.35. The maximum absolute atomic E-state index is 14.0. The molecule has 0 aliphatic carbocycles. The van der Waals surface area contributed by atoms with Gasteiger partial charge >= 0.3 is 0 Å². The molecule has 40 heavy (non-hydrogen) atoms. The standard InChI is InChI=1S/C29H25FN8O2/c1-29(2,3)10-24(40)33-18-7-16(11-31-12-18)21-4-5-22-26(34-21)27(38-37-22)28-35-23-14-32-13-20(25(23)36-28)15-6-17(30)9-19(39)8-15/h4-9,11-14,39H,10H2,1-3H3,(H,33,40)(H,35,36)(H,37,38). The number of aromatic nitrogens is 7. The number of phenolic OH excluding ortho intramolecular Hbond substituents is 1. The molecule has 11 heteroatoms. The van der Waals surface area contributed by atoms with Gasteiger partial charge in [0.25, 0.3) is 0 Å². The van der Waals surface area contributed by atoms with Gasteiger partial charge in [-0.15, -0.1) is 0 Å². The number of carbonyl (C=O) groups excluding carboxylic acids is 1. The Morgan fingerprint density at radius 1 is 0.950 bits per heavy atom. The van der Waals surface area contributed by atoms with Gasteiger partial charge in [-0.3, -0.25) is 19.9 Å². The summed E-state index contributed by atoms with van der Waals surface area (Å²) in [5.41, 5.74) is 5.76. The smallest absolute Gasteiger partial charge is 0.224 e. The van der Waals surface area contributed by atoms with Gasteiger partial charge in [-0.25, -0.2) is 14.4 Å². The minimum absolute atomic E-state index is 0.0841. The van der Waals surface area contributed by atoms with E-state index in [1.54, 1.807) is 24.8 Å². The molecule has 0 saturated carbocycles. The average molecular weight is 537 g/mol. The molecule has 1 aromatic carbocycles. The molecule has 0 saturated heterocycles. The molecule has 6 aromatic rings. The van der Waals surface area contributed by atoms with Crippen LogP contribution in [0.25, 0.3) is 56.0 Å². The zero-order valence-corrected chi connectivity index (χ0v) is 22.0. The Morgan fingerprint density at radius 2 is 1.77 bits per heavy atom. The molecule has 6 rings (SSSR count). The number of amides is 1. The zero-order chi connectivity index (χ0) is 28.0. The van der Waals surface area contributed by atoms with Crippen LogP contribution in [-0.4, -0.2) is 46.1 Å². The van der Waals surface area contributed by atoms with Crippen LogP contribution in [0.3, 0.4) is 0 Å². The van der Waals surface area contributed by atoms with Gasteiger partial charge in [0, 0.05) is 36.0 Å². The number of carbonyl (C=O) groups is 1. The Bertz CT molecular complexity index is 1880. The van der Waals surface area contributed by atoms with Crippen molar-refractivity contribution in [1.82, 2.24) is 35.1 Å². The molecule has 0 fully saturated rings. The number of halogens is 1. The van der Waals surface area contributed by atoms with Crippen molar-refractivity contribution in [3.63, 3.8) is 0 Å². The largest absolute Gasteiger partial charge is 0.508 e. The van der Waals surface area contributed by atoms with Crippen LogP contribution in [0.15, 0.2) is 61.2 Å². The van der Waals surface area contributed by atoms with Crippen LogP contribution in [0.1, 0.15) is 27.2 Å². The van der Waals surface area contributed by atoms with E-state index in [4.69, 9.17) is 9.97 Å². The highest BCUT2D eigenvalue weighted by atomic mass is 19.1. The van der Waals surface area contributed by atoms with Crippen LogP contribution in [-0.2, 0) is 4.79 Å². The van der Waals surface area contributed by atoms with Gasteiger partial charge in [-0.05, 0) is 41.3 Å². The predicted molar refractivity (Wildman–Crippen MR) is 150 cm³/mol. The van der Waals surface area contributed by atoms with Crippen molar-refractivity contribution in [3.8, 4) is 39.7 Å². The second kappa shape index (κ2) is 9.53. The summed E-state index contributed by atoms with van der Waals surface area (Å²) >= 11 is 0. The number of nitrogens with one attached hydrogen (secondary N) is 3. The number of phenols is 1. The maximum Gasteiger partial charge on any atom is 0.224 e. The van der Waals surface area contributed by atoms with Gasteiger partial charge in [0.1, 0.15) is 17.1 Å². The van der Waals surface area contributed by atoms with E-state index >= 15 is 0 Å². The van der Waals surface area contributed by atoms with Crippen molar-refractivity contribution in [2.75, 3.05) is 5.32 Å². The molecule has 0 bridgehead atoms. The van der Waals surface area contributed by atoms with Gasteiger partial charge in [-0.1, -0.05) is 20.8 Å². The van der Waals surface area contributed by atoms with Crippen LogP contribution in [0.5, 0.6) is 5.75 Å². The first kappa shape index (κ1) is 25.1. The van der Waals surface area contributed by atoms with Crippen LogP contribution >= 0.6 is 0 Å². The summed E-state index contributed by atoms with van der Waals surface area (Å²) in [5.74, 6) is -0.392. The van der Waals surface area contributed by atoms with E-state index in [1.165, 1.54) is 12.1 Å². The van der Waals surface area contributed by atoms with Gasteiger partial charge in [-0.2, -0.15) is 5.10 Å². The quantitative estimate of drug-likeness (QED) is 0.216. The Kier molecular flexibility index (Phi) is 5.98. The third-order valence-electron chi connectivity index (χ3n) is 6.23. The highest BCUT2D eigenvalue weighted by molar-refractivity contribution is 5.96. The number of pyridine rings is 3. The summed E-state index contributed by atoms with van der Waals surface area (Å²) in [4.78, 5) is 33.8. The van der Waals surface area contributed by atoms with Crippen molar-refractivity contribution in [3.05, 3.63) is 67.0 Å². The highest BCUT2D eigenvalue weighted by Gasteiger charge is 2.19. The molecular weight excluding hydrogens is 511 g/mol. The summed E-state index contributed by atoms with van der Waals surface area (Å²) in [6.45, 7) is 6.03. The monoisotopic (exact) mass is 536 g/mol. The van der Waals surface area contributed by atoms with E-state index in [-0.39, 0.29) is 17.1 Å². The highest BCUT2D eigenvalue weighted by Crippen LogP contribution is 2.33. The first-order chi connectivity index (χ1) is 19.1. The van der Waals surface area contributed by atoms with Crippen molar-refractivity contribution in [2.45, 2.75) is 27.2 Å². The van der Waals surface area contributed by atoms with E-state index in [0.717, 1.165) is 11.6 Å². The SMILES string of the molecule is CC(C)(C)CC(=O)Nc1cncc(-c2ccc3[nH]nc(-c4nc5c(-c6cc(O)cc(F)c6)cncc5[nH]4)c3n2)c1. The maximum atomic E-state index is 14.0. The van der Waals surface area contributed by atoms with Gasteiger partial charge in [0.15, 0.2) is 11.5 Å². The lowest BCUT2D eigenvalue weighted by atomic mass is 9.92. The number of aromatic amines is 2. The van der Waals surface area contributed by atoms with E-state index in [0.29, 0.717) is 62.5 Å². The van der Waals surface area contributed by atoms with Crippen LogP contribution < -0.4 is 5.32 Å². The summed E-state index contributed by atoms with van der Waals surface area (Å²) in [5, 5.41) is 20.2. The fourth-order valence-corrected chi connectivity index (χ4v) is 4.55. The van der Waals surface area contributed by atoms with Gasteiger partial charge in [0.2, 0.25) is 5.91 Å². The molecule has 5 aromatic heterocycles. The fourth-order valence-electron chi connectivity index (χ4n) is 4.55. The molecule has 4 N–H and O–H groups in total. The number of hydrogen-bond acceptors (Lipinski definition) is 7. The second-order valence-electron chi connectivity index (χ2n) is 10.8. The Labute approximate surface area is 227 Å². The zero-order valence-electron chi connectivity index (χ0n) is 22.0. The minimum Gasteiger partial charge on any atom is -0.508 e. The van der Waals surface area contributed by atoms with E-state index in [9.17, 15) is 14.3 Å². The minimum atomic E-state index is -0.565. The average Bonchev–Trinajstić information content (AvgIpc) is 3.50. The third kappa shape index (κ3) is 4.96. The summed E-state index contributed by atoms with van der Waals surface area (Å²) in [6.07, 6.45) is 6.85. The fraction of sp³-hybridized carbons (Fsp3) is 0.172. The van der Waals surface area contributed by atoms with Crippen LogP contribution in [0.4, 0.5) is 10.1 Å². The molecule has 0 aliphatic rings. The molecule has 5 heterocycles. The predicted octanol–water partition coefficient (Wildman–Crippen LogP) is 5.84. The van der Waals surface area contributed by atoms with Gasteiger partial charge in [0.05, 0.1) is 40.3 Å². The van der Waals surface area contributed by atoms with Crippen LogP contribution in [0.2, 0.25) is 0 Å². The number of rotatable bonds is 5. The number of aromatic hydroxyl groups is 1. The molecule has 10 nitrogen and oxygen atoms in total. The topological polar surface area (TPSA) is 145 Å². The van der Waals surface area contributed by atoms with E-state index < -0.39 is 5.82 Å². The Hall–Kier alpha value is -5.19. The lowest BCUT2D eigenvalue weighted by molar-refractivity contribution is -0.117. The first-order valence-corrected chi connectivity index (χ1v) is 12.6. The van der Waals surface area contributed by atoms with Crippen molar-refractivity contribution < 1.29 is 14.3 Å². The molecule has 0 spiro atoms. The van der Waals surface area contributed by atoms with Crippen LogP contribution in [0, 0.1) is 11.2 Å². The number of anilines is 1. The lowest BCUT2D eigenvalue weighted by Gasteiger charge is -2.17. The molecular formula is C29H25FN8O2. The third-order valence-corrected chi connectivity index (χ3v) is 6.23. The molecule has 0 unspecified atom stereocenters. The van der Waals surface area contributed by atoms with Crippen molar-refractivity contribution in [1.29, 1.82) is 0 Å². The molecule has 1 amide bonds. The Balaban J connectivity index is 1.37. The van der Waals surface area contributed by atoms with E-state index in [2.05, 4.69) is 30.5 Å². The number of H-pyrrole nitrogens is 2. The summed E-state index contributed by atoms with van der Waals surface area (Å²) < 4.78 is 14.0. The van der Waals surface area contributed by atoms with E-state index in [1.807, 2.05) is 39.0 Å². The van der Waals surface area contributed by atoms with Crippen molar-refractivity contribution in [2.24, 2.45) is 5.41 Å². The van der Waals surface area contributed by atoms with Gasteiger partial charge < -0.3 is 15.4 Å². The molecule has 200 valence electrons. The lowest BCUT2D eigenvalue weighted by Crippen LogP contribution is -2.19. The normalized spacial score (nSPS) is 11.8. The molecule has 0 aliphatic heterocycles. The number of fused-ring (bicyclic) bond motifs is 2. The molecule has 0 atom stereocenters.